The molecule has 1 aliphatic rings. The van der Waals surface area contributed by atoms with Gasteiger partial charge in [-0.3, -0.25) is 0 Å². The van der Waals surface area contributed by atoms with E-state index in [1.165, 1.54) is 0 Å². The molecule has 13 heavy (non-hydrogen) atoms. The largest absolute Gasteiger partial charge is 0.396 e. The van der Waals surface area contributed by atoms with Gasteiger partial charge in [0.1, 0.15) is 0 Å². The monoisotopic (exact) mass is 193 g/mol. The molecule has 0 bridgehead atoms. The predicted molar refractivity (Wildman–Crippen MR) is 46.8 cm³/mol. The Morgan fingerprint density at radius 3 is 2.69 bits per heavy atom. The van der Waals surface area contributed by atoms with Gasteiger partial charge < -0.3 is 10.0 Å². The second kappa shape index (κ2) is 3.88. The van der Waals surface area contributed by atoms with E-state index in [4.69, 9.17) is 5.11 Å². The zero-order chi connectivity index (χ0) is 10.1. The third kappa shape index (κ3) is 2.17. The van der Waals surface area contributed by atoms with Crippen LogP contribution in [0.25, 0.3) is 0 Å². The number of hydrogen-bond acceptors (Lipinski definition) is 2. The van der Waals surface area contributed by atoms with Crippen LogP contribution in [0.5, 0.6) is 0 Å². The van der Waals surface area contributed by atoms with E-state index in [1.807, 2.05) is 11.9 Å². The topological polar surface area (TPSA) is 23.5 Å². The van der Waals surface area contributed by atoms with Gasteiger partial charge in [-0.25, -0.2) is 8.78 Å². The van der Waals surface area contributed by atoms with Crippen molar-refractivity contribution >= 4 is 0 Å². The lowest BCUT2D eigenvalue weighted by Crippen LogP contribution is -2.50. The van der Waals surface area contributed by atoms with Gasteiger partial charge in [-0.2, -0.15) is 0 Å². The Morgan fingerprint density at radius 1 is 1.62 bits per heavy atom. The Morgan fingerprint density at radius 2 is 2.23 bits per heavy atom. The molecular formula is C9H17F2NO. The quantitative estimate of drug-likeness (QED) is 0.712. The van der Waals surface area contributed by atoms with Crippen LogP contribution in [0.2, 0.25) is 0 Å². The minimum Gasteiger partial charge on any atom is -0.396 e. The number of rotatable bonds is 2. The van der Waals surface area contributed by atoms with Crippen LogP contribution in [-0.4, -0.2) is 43.2 Å². The third-order valence-electron chi connectivity index (χ3n) is 3.01. The first-order chi connectivity index (χ1) is 5.99. The molecule has 0 amide bonds. The molecule has 0 aliphatic carbocycles. The van der Waals surface area contributed by atoms with Crippen molar-refractivity contribution in [2.75, 3.05) is 26.7 Å². The van der Waals surface area contributed by atoms with Crippen LogP contribution >= 0.6 is 0 Å². The van der Waals surface area contributed by atoms with E-state index in [0.29, 0.717) is 19.5 Å². The van der Waals surface area contributed by atoms with Crippen molar-refractivity contribution in [2.24, 2.45) is 11.3 Å². The summed E-state index contributed by atoms with van der Waals surface area (Å²) in [5, 5.41) is 9.13. The molecule has 0 saturated carbocycles. The number of likely N-dealkylation sites (tertiary alicyclic amines) is 1. The lowest BCUT2D eigenvalue weighted by molar-refractivity contribution is -0.0715. The van der Waals surface area contributed by atoms with E-state index in [0.717, 1.165) is 0 Å². The molecule has 0 aromatic rings. The summed E-state index contributed by atoms with van der Waals surface area (Å²) in [5.74, 6) is -0.659. The smallest absolute Gasteiger partial charge is 0.242 e. The van der Waals surface area contributed by atoms with Gasteiger partial charge in [0.15, 0.2) is 0 Å². The van der Waals surface area contributed by atoms with E-state index in [9.17, 15) is 8.78 Å². The predicted octanol–water partition coefficient (Wildman–Crippen LogP) is 1.20. The van der Waals surface area contributed by atoms with Crippen molar-refractivity contribution in [2.45, 2.75) is 19.8 Å². The molecule has 0 aromatic heterocycles. The maximum absolute atomic E-state index is 12.6. The third-order valence-corrected chi connectivity index (χ3v) is 3.01. The number of hydrogen-bond donors (Lipinski definition) is 1. The highest BCUT2D eigenvalue weighted by atomic mass is 19.3. The zero-order valence-electron chi connectivity index (χ0n) is 8.13. The highest BCUT2D eigenvalue weighted by Crippen LogP contribution is 2.38. The minimum absolute atomic E-state index is 0.160. The van der Waals surface area contributed by atoms with Crippen molar-refractivity contribution in [3.8, 4) is 0 Å². The first kappa shape index (κ1) is 10.9. The molecule has 0 aromatic carbocycles. The standard InChI is InChI=1S/C9H17F2NO/c1-9(6-13)5-12(2)4-3-7(9)8(10)11/h7-8,13H,3-6H2,1-2H3/t7?,9-/m0/s1. The molecule has 2 nitrogen and oxygen atoms in total. The van der Waals surface area contributed by atoms with E-state index in [2.05, 4.69) is 0 Å². The number of piperidine rings is 1. The van der Waals surface area contributed by atoms with Crippen LogP contribution in [0.4, 0.5) is 8.78 Å². The fourth-order valence-corrected chi connectivity index (χ4v) is 2.12. The highest BCUT2D eigenvalue weighted by Gasteiger charge is 2.42. The molecular weight excluding hydrogens is 176 g/mol. The first-order valence-corrected chi connectivity index (χ1v) is 4.57. The number of nitrogens with zero attached hydrogens (tertiary/aromatic N) is 1. The Hall–Kier alpha value is -0.220. The molecule has 0 radical (unpaired) electrons. The van der Waals surface area contributed by atoms with Gasteiger partial charge in [0.05, 0.1) is 6.61 Å². The first-order valence-electron chi connectivity index (χ1n) is 4.57. The molecule has 78 valence electrons. The lowest BCUT2D eigenvalue weighted by atomic mass is 9.73. The van der Waals surface area contributed by atoms with Gasteiger partial charge in [-0.1, -0.05) is 6.92 Å². The van der Waals surface area contributed by atoms with Crippen LogP contribution in [-0.2, 0) is 0 Å². The Balaban J connectivity index is 2.72. The van der Waals surface area contributed by atoms with E-state index in [1.54, 1.807) is 6.92 Å². The SMILES string of the molecule is CN1CCC(C(F)F)[C@](C)(CO)C1. The summed E-state index contributed by atoms with van der Waals surface area (Å²) >= 11 is 0. The number of aliphatic hydroxyl groups is 1. The molecule has 1 rings (SSSR count). The summed E-state index contributed by atoms with van der Waals surface area (Å²) in [6, 6.07) is 0. The van der Waals surface area contributed by atoms with E-state index < -0.39 is 17.8 Å². The van der Waals surface area contributed by atoms with E-state index in [-0.39, 0.29) is 6.61 Å². The van der Waals surface area contributed by atoms with Gasteiger partial charge in [0.2, 0.25) is 6.43 Å². The molecule has 1 aliphatic heterocycles. The summed E-state index contributed by atoms with van der Waals surface area (Å²) in [6.07, 6.45) is -1.84. The van der Waals surface area contributed by atoms with Crippen molar-refractivity contribution in [3.63, 3.8) is 0 Å². The number of alkyl halides is 2. The normalized spacial score (nSPS) is 36.9. The van der Waals surface area contributed by atoms with Gasteiger partial charge >= 0.3 is 0 Å². The fraction of sp³-hybridized carbons (Fsp3) is 1.00. The van der Waals surface area contributed by atoms with Gasteiger partial charge in [0, 0.05) is 17.9 Å². The van der Waals surface area contributed by atoms with Crippen LogP contribution in [0.3, 0.4) is 0 Å². The molecule has 1 N–H and O–H groups in total. The maximum atomic E-state index is 12.6. The Kier molecular flexibility index (Phi) is 3.24. The molecule has 4 heteroatoms. The van der Waals surface area contributed by atoms with Crippen LogP contribution in [0.1, 0.15) is 13.3 Å². The summed E-state index contributed by atoms with van der Waals surface area (Å²) < 4.78 is 25.2. The Labute approximate surface area is 77.5 Å². The zero-order valence-corrected chi connectivity index (χ0v) is 8.13. The van der Waals surface area contributed by atoms with Crippen molar-refractivity contribution in [1.29, 1.82) is 0 Å². The molecule has 1 fully saturated rings. The van der Waals surface area contributed by atoms with Crippen LogP contribution in [0, 0.1) is 11.3 Å². The van der Waals surface area contributed by atoms with Gasteiger partial charge in [-0.05, 0) is 20.0 Å². The summed E-state index contributed by atoms with van der Waals surface area (Å²) in [5.41, 5.74) is -0.638. The van der Waals surface area contributed by atoms with Crippen LogP contribution in [0.15, 0.2) is 0 Å². The average Bonchev–Trinajstić information content (AvgIpc) is 2.03. The number of halogens is 2. The second-order valence-electron chi connectivity index (χ2n) is 4.28. The molecule has 1 saturated heterocycles. The lowest BCUT2D eigenvalue weighted by Gasteiger charge is -2.43. The number of aliphatic hydroxyl groups excluding tert-OH is 1. The molecule has 1 heterocycles. The molecule has 0 spiro atoms. The molecule has 2 atom stereocenters. The fourth-order valence-electron chi connectivity index (χ4n) is 2.12. The summed E-state index contributed by atoms with van der Waals surface area (Å²) in [7, 11) is 1.90. The molecule has 1 unspecified atom stereocenters. The highest BCUT2D eigenvalue weighted by molar-refractivity contribution is 4.90. The van der Waals surface area contributed by atoms with Crippen molar-refractivity contribution in [1.82, 2.24) is 4.90 Å². The minimum atomic E-state index is -2.31. The van der Waals surface area contributed by atoms with Gasteiger partial charge in [0.25, 0.3) is 0 Å². The second-order valence-corrected chi connectivity index (χ2v) is 4.28. The van der Waals surface area contributed by atoms with Gasteiger partial charge in [-0.15, -0.1) is 0 Å². The summed E-state index contributed by atoms with van der Waals surface area (Å²) in [6.45, 7) is 2.83. The summed E-state index contributed by atoms with van der Waals surface area (Å²) in [4.78, 5) is 2.00. The van der Waals surface area contributed by atoms with Crippen molar-refractivity contribution in [3.05, 3.63) is 0 Å². The Bertz CT molecular complexity index is 177. The average molecular weight is 193 g/mol. The maximum Gasteiger partial charge on any atom is 0.242 e. The van der Waals surface area contributed by atoms with Crippen LogP contribution < -0.4 is 0 Å². The van der Waals surface area contributed by atoms with E-state index >= 15 is 0 Å². The van der Waals surface area contributed by atoms with Crippen molar-refractivity contribution < 1.29 is 13.9 Å².